The highest BCUT2D eigenvalue weighted by molar-refractivity contribution is 4.73. The molecule has 4 nitrogen and oxygen atoms in total. The van der Waals surface area contributed by atoms with Gasteiger partial charge in [-0.05, 0) is 32.2 Å². The first-order chi connectivity index (χ1) is 8.81. The molecular weight excluding hydrogens is 228 g/mol. The van der Waals surface area contributed by atoms with E-state index in [9.17, 15) is 0 Å². The second kappa shape index (κ2) is 7.43. The zero-order chi connectivity index (χ0) is 12.8. The molecule has 18 heavy (non-hydrogen) atoms. The van der Waals surface area contributed by atoms with Gasteiger partial charge in [0.15, 0.2) is 0 Å². The average Bonchev–Trinajstić information content (AvgIpc) is 2.46. The number of hydrogen-bond acceptors (Lipinski definition) is 4. The number of ether oxygens (including phenoxy) is 2. The van der Waals surface area contributed by atoms with Gasteiger partial charge in [-0.3, -0.25) is 4.90 Å². The van der Waals surface area contributed by atoms with Crippen molar-refractivity contribution in [3.05, 3.63) is 0 Å². The molecule has 0 aromatic heterocycles. The lowest BCUT2D eigenvalue weighted by Crippen LogP contribution is -2.41. The topological polar surface area (TPSA) is 24.9 Å². The van der Waals surface area contributed by atoms with E-state index in [1.165, 1.54) is 32.5 Å². The van der Waals surface area contributed by atoms with Crippen LogP contribution in [0.5, 0.6) is 0 Å². The van der Waals surface area contributed by atoms with Crippen LogP contribution in [-0.2, 0) is 9.47 Å². The molecule has 2 rings (SSSR count). The highest BCUT2D eigenvalue weighted by Gasteiger charge is 2.22. The monoisotopic (exact) mass is 256 g/mol. The lowest BCUT2D eigenvalue weighted by Gasteiger charge is -2.34. The van der Waals surface area contributed by atoms with E-state index in [-0.39, 0.29) is 0 Å². The lowest BCUT2D eigenvalue weighted by molar-refractivity contribution is -0.0650. The molecule has 0 N–H and O–H groups in total. The van der Waals surface area contributed by atoms with Crippen molar-refractivity contribution < 1.29 is 9.47 Å². The van der Waals surface area contributed by atoms with E-state index in [2.05, 4.69) is 16.7 Å². The quantitative estimate of drug-likeness (QED) is 0.745. The molecule has 2 saturated heterocycles. The van der Waals surface area contributed by atoms with Crippen molar-refractivity contribution in [2.45, 2.75) is 44.8 Å². The third kappa shape index (κ3) is 4.19. The molecular formula is C14H28N2O2. The summed E-state index contributed by atoms with van der Waals surface area (Å²) in [6.45, 7) is 8.87. The Kier molecular flexibility index (Phi) is 5.89. The van der Waals surface area contributed by atoms with Gasteiger partial charge in [0.25, 0.3) is 0 Å². The van der Waals surface area contributed by atoms with Crippen LogP contribution in [0.25, 0.3) is 0 Å². The summed E-state index contributed by atoms with van der Waals surface area (Å²) in [5.41, 5.74) is 0. The standard InChI is InChI=1S/C14H28N2O2/c1-3-15-8-6-14(7-9-15)18-12-16-10-4-13(17-2)5-11-16/h13-14H,3-12H2,1-2H3. The highest BCUT2D eigenvalue weighted by Crippen LogP contribution is 2.16. The third-order valence-corrected chi connectivity index (χ3v) is 4.34. The molecule has 0 saturated carbocycles. The van der Waals surface area contributed by atoms with Crippen LogP contribution < -0.4 is 0 Å². The van der Waals surface area contributed by atoms with E-state index in [0.717, 1.165) is 32.7 Å². The molecule has 2 aliphatic rings. The van der Waals surface area contributed by atoms with Gasteiger partial charge in [0.1, 0.15) is 0 Å². The molecule has 0 atom stereocenters. The maximum absolute atomic E-state index is 6.04. The van der Waals surface area contributed by atoms with Crippen LogP contribution in [-0.4, -0.2) is 68.6 Å². The molecule has 2 fully saturated rings. The van der Waals surface area contributed by atoms with Gasteiger partial charge in [0.2, 0.25) is 0 Å². The minimum absolute atomic E-state index is 0.467. The Morgan fingerprint density at radius 2 is 1.44 bits per heavy atom. The first kappa shape index (κ1) is 14.3. The molecule has 0 aromatic carbocycles. The summed E-state index contributed by atoms with van der Waals surface area (Å²) in [6, 6.07) is 0. The Morgan fingerprint density at radius 3 is 2.00 bits per heavy atom. The summed E-state index contributed by atoms with van der Waals surface area (Å²) in [6.07, 6.45) is 5.63. The average molecular weight is 256 g/mol. The van der Waals surface area contributed by atoms with Crippen LogP contribution in [0.2, 0.25) is 0 Å². The third-order valence-electron chi connectivity index (χ3n) is 4.34. The molecule has 2 heterocycles. The summed E-state index contributed by atoms with van der Waals surface area (Å²) in [5, 5.41) is 0. The highest BCUT2D eigenvalue weighted by atomic mass is 16.5. The Hall–Kier alpha value is -0.160. The Bertz CT molecular complexity index is 198. The van der Waals surface area contributed by atoms with E-state index >= 15 is 0 Å². The molecule has 0 amide bonds. The molecule has 0 aliphatic carbocycles. The summed E-state index contributed by atoms with van der Waals surface area (Å²) in [7, 11) is 1.82. The largest absolute Gasteiger partial charge is 0.381 e. The van der Waals surface area contributed by atoms with Crippen LogP contribution >= 0.6 is 0 Å². The van der Waals surface area contributed by atoms with E-state index in [1.54, 1.807) is 0 Å². The van der Waals surface area contributed by atoms with Gasteiger partial charge < -0.3 is 14.4 Å². The van der Waals surface area contributed by atoms with E-state index in [1.807, 2.05) is 7.11 Å². The van der Waals surface area contributed by atoms with E-state index in [4.69, 9.17) is 9.47 Å². The van der Waals surface area contributed by atoms with Crippen LogP contribution in [0, 0.1) is 0 Å². The van der Waals surface area contributed by atoms with Crippen molar-refractivity contribution in [2.75, 3.05) is 46.6 Å². The molecule has 4 heteroatoms. The summed E-state index contributed by atoms with van der Waals surface area (Å²) < 4.78 is 11.4. The second-order valence-corrected chi connectivity index (χ2v) is 5.48. The van der Waals surface area contributed by atoms with Crippen LogP contribution in [0.4, 0.5) is 0 Å². The number of methoxy groups -OCH3 is 1. The molecule has 2 aliphatic heterocycles. The number of hydrogen-bond donors (Lipinski definition) is 0. The molecule has 0 aromatic rings. The van der Waals surface area contributed by atoms with E-state index in [0.29, 0.717) is 12.2 Å². The van der Waals surface area contributed by atoms with Gasteiger partial charge in [-0.25, -0.2) is 0 Å². The van der Waals surface area contributed by atoms with Crippen LogP contribution in [0.1, 0.15) is 32.6 Å². The fourth-order valence-electron chi connectivity index (χ4n) is 2.88. The fraction of sp³-hybridized carbons (Fsp3) is 1.00. The van der Waals surface area contributed by atoms with Crippen molar-refractivity contribution in [3.8, 4) is 0 Å². The molecule has 0 spiro atoms. The van der Waals surface area contributed by atoms with Gasteiger partial charge in [0, 0.05) is 33.3 Å². The number of rotatable bonds is 5. The minimum atomic E-state index is 0.467. The summed E-state index contributed by atoms with van der Waals surface area (Å²) in [4.78, 5) is 4.92. The van der Waals surface area contributed by atoms with Gasteiger partial charge in [-0.2, -0.15) is 0 Å². The Labute approximate surface area is 111 Å². The van der Waals surface area contributed by atoms with Gasteiger partial charge in [-0.1, -0.05) is 6.92 Å². The first-order valence-electron chi connectivity index (χ1n) is 7.41. The molecule has 0 radical (unpaired) electrons. The molecule has 0 unspecified atom stereocenters. The van der Waals surface area contributed by atoms with Crippen molar-refractivity contribution >= 4 is 0 Å². The van der Waals surface area contributed by atoms with Crippen molar-refractivity contribution in [1.82, 2.24) is 9.80 Å². The predicted molar refractivity (Wildman–Crippen MR) is 72.7 cm³/mol. The zero-order valence-corrected chi connectivity index (χ0v) is 11.9. The van der Waals surface area contributed by atoms with Crippen LogP contribution in [0.3, 0.4) is 0 Å². The summed E-state index contributed by atoms with van der Waals surface area (Å²) >= 11 is 0. The van der Waals surface area contributed by atoms with Crippen LogP contribution in [0.15, 0.2) is 0 Å². The maximum atomic E-state index is 6.04. The van der Waals surface area contributed by atoms with E-state index < -0.39 is 0 Å². The smallest absolute Gasteiger partial charge is 0.0994 e. The van der Waals surface area contributed by atoms with Gasteiger partial charge in [-0.15, -0.1) is 0 Å². The lowest BCUT2D eigenvalue weighted by atomic mass is 10.1. The van der Waals surface area contributed by atoms with Crippen molar-refractivity contribution in [2.24, 2.45) is 0 Å². The molecule has 106 valence electrons. The normalized spacial score (nSPS) is 25.7. The number of nitrogens with zero attached hydrogens (tertiary/aromatic N) is 2. The fourth-order valence-corrected chi connectivity index (χ4v) is 2.88. The van der Waals surface area contributed by atoms with Gasteiger partial charge >= 0.3 is 0 Å². The maximum Gasteiger partial charge on any atom is 0.0994 e. The zero-order valence-electron chi connectivity index (χ0n) is 11.9. The summed E-state index contributed by atoms with van der Waals surface area (Å²) in [5.74, 6) is 0. The Morgan fingerprint density at radius 1 is 0.889 bits per heavy atom. The minimum Gasteiger partial charge on any atom is -0.381 e. The van der Waals surface area contributed by atoms with Crippen molar-refractivity contribution in [3.63, 3.8) is 0 Å². The predicted octanol–water partition coefficient (Wildman–Crippen LogP) is 1.56. The Balaban J connectivity index is 1.58. The SMILES string of the molecule is CCN1CCC(OCN2CCC(OC)CC2)CC1. The molecule has 0 bridgehead atoms. The van der Waals surface area contributed by atoms with Crippen molar-refractivity contribution in [1.29, 1.82) is 0 Å². The number of piperidine rings is 2. The number of likely N-dealkylation sites (tertiary alicyclic amines) is 2. The first-order valence-corrected chi connectivity index (χ1v) is 7.41. The second-order valence-electron chi connectivity index (χ2n) is 5.48. The van der Waals surface area contributed by atoms with Gasteiger partial charge in [0.05, 0.1) is 18.9 Å².